The number of benzene rings is 1. The standard InChI is InChI=1S/C21H22N4OS/c1-25(11-9-17-4-2-3-10-22-17)12-15-5-7-16(8-6-15)20-23-19-14-27-13-18(19)21(26)24-20/h2-8,10H,9,11-14H2,1H3,(H,23,24,26). The molecule has 0 fully saturated rings. The number of aromatic amines is 1. The van der Waals surface area contributed by atoms with E-state index in [1.165, 1.54) is 5.56 Å². The van der Waals surface area contributed by atoms with Gasteiger partial charge in [-0.25, -0.2) is 4.98 Å². The fraction of sp³-hybridized carbons (Fsp3) is 0.286. The van der Waals surface area contributed by atoms with Crippen LogP contribution in [0.5, 0.6) is 0 Å². The Kier molecular flexibility index (Phi) is 5.36. The number of hydrogen-bond acceptors (Lipinski definition) is 5. The number of fused-ring (bicyclic) bond motifs is 1. The van der Waals surface area contributed by atoms with Gasteiger partial charge in [0.2, 0.25) is 0 Å². The van der Waals surface area contributed by atoms with Gasteiger partial charge in [0, 0.05) is 54.0 Å². The molecule has 1 N–H and O–H groups in total. The molecule has 0 saturated heterocycles. The summed E-state index contributed by atoms with van der Waals surface area (Å²) >= 11 is 1.74. The van der Waals surface area contributed by atoms with E-state index in [9.17, 15) is 4.79 Å². The van der Waals surface area contributed by atoms with Gasteiger partial charge in [-0.05, 0) is 24.7 Å². The van der Waals surface area contributed by atoms with E-state index in [4.69, 9.17) is 0 Å². The Labute approximate surface area is 162 Å². The zero-order valence-corrected chi connectivity index (χ0v) is 16.1. The first-order valence-corrected chi connectivity index (χ1v) is 10.2. The highest BCUT2D eigenvalue weighted by atomic mass is 32.2. The quantitative estimate of drug-likeness (QED) is 0.713. The van der Waals surface area contributed by atoms with Crippen molar-refractivity contribution in [2.45, 2.75) is 24.5 Å². The average Bonchev–Trinajstić information content (AvgIpc) is 3.17. The molecule has 3 aromatic rings. The molecule has 0 bridgehead atoms. The normalized spacial score (nSPS) is 13.1. The van der Waals surface area contributed by atoms with Gasteiger partial charge in [0.1, 0.15) is 5.82 Å². The lowest BCUT2D eigenvalue weighted by atomic mass is 10.1. The van der Waals surface area contributed by atoms with Crippen molar-refractivity contribution in [3.8, 4) is 11.4 Å². The predicted octanol–water partition coefficient (Wildman–Crippen LogP) is 3.25. The van der Waals surface area contributed by atoms with E-state index in [0.29, 0.717) is 5.82 Å². The maximum atomic E-state index is 12.2. The van der Waals surface area contributed by atoms with E-state index in [1.807, 2.05) is 30.5 Å². The number of pyridine rings is 1. The minimum atomic E-state index is -0.00155. The molecular weight excluding hydrogens is 356 g/mol. The molecule has 4 rings (SSSR count). The van der Waals surface area contributed by atoms with Crippen LogP contribution in [0.1, 0.15) is 22.5 Å². The number of hydrogen-bond donors (Lipinski definition) is 1. The molecule has 0 amide bonds. The number of likely N-dealkylation sites (N-methyl/N-ethyl adjacent to an activating group) is 1. The predicted molar refractivity (Wildman–Crippen MR) is 110 cm³/mol. The molecule has 0 aliphatic carbocycles. The third kappa shape index (κ3) is 4.28. The van der Waals surface area contributed by atoms with Crippen LogP contribution < -0.4 is 5.56 Å². The van der Waals surface area contributed by atoms with Crippen LogP contribution in [-0.4, -0.2) is 33.4 Å². The summed E-state index contributed by atoms with van der Waals surface area (Å²) < 4.78 is 0. The number of nitrogens with one attached hydrogen (secondary N) is 1. The summed E-state index contributed by atoms with van der Waals surface area (Å²) in [6.45, 7) is 1.83. The van der Waals surface area contributed by atoms with E-state index in [-0.39, 0.29) is 5.56 Å². The SMILES string of the molecule is CN(CCc1ccccn1)Cc1ccc(-c2nc3c(c(=O)[nH]2)CSC3)cc1. The molecule has 0 atom stereocenters. The van der Waals surface area contributed by atoms with Gasteiger partial charge in [-0.1, -0.05) is 30.3 Å². The van der Waals surface area contributed by atoms with Crippen molar-refractivity contribution in [3.63, 3.8) is 0 Å². The minimum absolute atomic E-state index is 0.00155. The molecule has 5 nitrogen and oxygen atoms in total. The molecule has 6 heteroatoms. The van der Waals surface area contributed by atoms with Crippen LogP contribution in [0.2, 0.25) is 0 Å². The smallest absolute Gasteiger partial charge is 0.255 e. The molecule has 138 valence electrons. The Balaban J connectivity index is 1.40. The van der Waals surface area contributed by atoms with E-state index >= 15 is 0 Å². The van der Waals surface area contributed by atoms with Crippen molar-refractivity contribution in [1.29, 1.82) is 0 Å². The summed E-state index contributed by atoms with van der Waals surface area (Å²) in [6, 6.07) is 14.3. The van der Waals surface area contributed by atoms with Gasteiger partial charge in [-0.3, -0.25) is 9.78 Å². The highest BCUT2D eigenvalue weighted by Crippen LogP contribution is 2.27. The number of rotatable bonds is 6. The summed E-state index contributed by atoms with van der Waals surface area (Å²) in [7, 11) is 2.12. The molecule has 0 spiro atoms. The van der Waals surface area contributed by atoms with E-state index < -0.39 is 0 Å². The summed E-state index contributed by atoms with van der Waals surface area (Å²) in [6.07, 6.45) is 2.78. The molecule has 1 aromatic carbocycles. The first-order chi connectivity index (χ1) is 13.2. The topological polar surface area (TPSA) is 61.9 Å². The summed E-state index contributed by atoms with van der Waals surface area (Å²) in [5, 5.41) is 0. The van der Waals surface area contributed by atoms with Crippen LogP contribution in [0.25, 0.3) is 11.4 Å². The van der Waals surface area contributed by atoms with Gasteiger partial charge in [0.25, 0.3) is 5.56 Å². The second-order valence-electron chi connectivity index (χ2n) is 6.84. The zero-order chi connectivity index (χ0) is 18.6. The van der Waals surface area contributed by atoms with Crippen molar-refractivity contribution >= 4 is 11.8 Å². The van der Waals surface area contributed by atoms with Gasteiger partial charge in [0.15, 0.2) is 0 Å². The van der Waals surface area contributed by atoms with Crippen LogP contribution in [0.3, 0.4) is 0 Å². The molecule has 0 saturated carbocycles. The van der Waals surface area contributed by atoms with E-state index in [0.717, 1.165) is 53.5 Å². The van der Waals surface area contributed by atoms with Crippen molar-refractivity contribution in [2.75, 3.05) is 13.6 Å². The van der Waals surface area contributed by atoms with E-state index in [2.05, 4.69) is 45.1 Å². The molecule has 3 heterocycles. The number of aromatic nitrogens is 3. The monoisotopic (exact) mass is 378 g/mol. The second kappa shape index (κ2) is 8.06. The first kappa shape index (κ1) is 17.9. The lowest BCUT2D eigenvalue weighted by Crippen LogP contribution is -2.21. The fourth-order valence-electron chi connectivity index (χ4n) is 3.21. The summed E-state index contributed by atoms with van der Waals surface area (Å²) in [5.41, 5.74) is 5.06. The maximum Gasteiger partial charge on any atom is 0.255 e. The van der Waals surface area contributed by atoms with Crippen molar-refractivity contribution in [3.05, 3.63) is 81.5 Å². The van der Waals surface area contributed by atoms with Crippen molar-refractivity contribution in [1.82, 2.24) is 19.9 Å². The lowest BCUT2D eigenvalue weighted by molar-refractivity contribution is 0.330. The van der Waals surface area contributed by atoms with Gasteiger partial charge in [-0.15, -0.1) is 0 Å². The maximum absolute atomic E-state index is 12.2. The van der Waals surface area contributed by atoms with Crippen LogP contribution in [0.15, 0.2) is 53.5 Å². The van der Waals surface area contributed by atoms with Gasteiger partial charge in [0.05, 0.1) is 5.69 Å². The average molecular weight is 379 g/mol. The Morgan fingerprint density at radius 2 is 2.00 bits per heavy atom. The van der Waals surface area contributed by atoms with Crippen molar-refractivity contribution in [2.24, 2.45) is 0 Å². The van der Waals surface area contributed by atoms with Gasteiger partial charge < -0.3 is 9.88 Å². The van der Waals surface area contributed by atoms with Crippen LogP contribution in [-0.2, 0) is 24.5 Å². The van der Waals surface area contributed by atoms with E-state index in [1.54, 1.807) is 11.8 Å². The van der Waals surface area contributed by atoms with Crippen LogP contribution in [0, 0.1) is 0 Å². The largest absolute Gasteiger partial charge is 0.306 e. The lowest BCUT2D eigenvalue weighted by Gasteiger charge is -2.16. The van der Waals surface area contributed by atoms with Crippen LogP contribution in [0.4, 0.5) is 0 Å². The Morgan fingerprint density at radius 3 is 2.78 bits per heavy atom. The molecule has 1 aliphatic rings. The molecule has 0 unspecified atom stereocenters. The summed E-state index contributed by atoms with van der Waals surface area (Å²) in [4.78, 5) is 26.4. The molecule has 27 heavy (non-hydrogen) atoms. The number of H-pyrrole nitrogens is 1. The first-order valence-electron chi connectivity index (χ1n) is 9.06. The summed E-state index contributed by atoms with van der Waals surface area (Å²) in [5.74, 6) is 2.25. The van der Waals surface area contributed by atoms with Gasteiger partial charge >= 0.3 is 0 Å². The second-order valence-corrected chi connectivity index (χ2v) is 7.82. The molecule has 2 aromatic heterocycles. The van der Waals surface area contributed by atoms with Gasteiger partial charge in [-0.2, -0.15) is 11.8 Å². The Hall–Kier alpha value is -2.44. The van der Waals surface area contributed by atoms with Crippen molar-refractivity contribution < 1.29 is 0 Å². The third-order valence-electron chi connectivity index (χ3n) is 4.74. The number of nitrogens with zero attached hydrogens (tertiary/aromatic N) is 3. The molecule has 1 aliphatic heterocycles. The van der Waals surface area contributed by atoms with Crippen LogP contribution >= 0.6 is 11.8 Å². The third-order valence-corrected chi connectivity index (χ3v) is 5.71. The minimum Gasteiger partial charge on any atom is -0.306 e. The zero-order valence-electron chi connectivity index (χ0n) is 15.3. The number of thioether (sulfide) groups is 1. The Bertz CT molecular complexity index is 970. The molecule has 0 radical (unpaired) electrons. The molecular formula is C21H22N4OS. The Morgan fingerprint density at radius 1 is 1.15 bits per heavy atom. The fourth-order valence-corrected chi connectivity index (χ4v) is 4.25. The highest BCUT2D eigenvalue weighted by Gasteiger charge is 2.18. The highest BCUT2D eigenvalue weighted by molar-refractivity contribution is 7.98.